The number of rotatable bonds is 2. The van der Waals surface area contributed by atoms with E-state index in [-0.39, 0.29) is 10.9 Å². The minimum absolute atomic E-state index is 0.0590. The van der Waals surface area contributed by atoms with Gasteiger partial charge in [-0.05, 0) is 19.1 Å². The Balaban J connectivity index is 2.43. The number of aromatic nitrogens is 4. The van der Waals surface area contributed by atoms with Crippen molar-refractivity contribution in [2.24, 2.45) is 7.05 Å². The number of benzene rings is 1. The molecule has 4 nitrogen and oxygen atoms in total. The van der Waals surface area contributed by atoms with Gasteiger partial charge in [-0.2, -0.15) is 5.10 Å². The van der Waals surface area contributed by atoms with Crippen molar-refractivity contribution < 1.29 is 4.39 Å². The molecule has 104 valence electrons. The average Bonchev–Trinajstić information content (AvgIpc) is 2.92. The third kappa shape index (κ3) is 1.81. The van der Waals surface area contributed by atoms with Crippen LogP contribution >= 0.6 is 23.2 Å². The second-order valence-electron chi connectivity index (χ2n) is 4.45. The summed E-state index contributed by atoms with van der Waals surface area (Å²) in [7, 11) is 1.79. The molecule has 0 saturated heterocycles. The van der Waals surface area contributed by atoms with Crippen LogP contribution in [-0.4, -0.2) is 19.3 Å². The number of nitrogens with zero attached hydrogens (tertiary/aromatic N) is 4. The molecular weight excluding hydrogens is 302 g/mol. The van der Waals surface area contributed by atoms with E-state index in [9.17, 15) is 4.39 Å². The van der Waals surface area contributed by atoms with Crippen molar-refractivity contribution >= 4 is 34.4 Å². The lowest BCUT2D eigenvalue weighted by molar-refractivity contribution is 0.616. The van der Waals surface area contributed by atoms with Crippen molar-refractivity contribution in [2.45, 2.75) is 12.8 Å². The third-order valence-electron chi connectivity index (χ3n) is 3.16. The van der Waals surface area contributed by atoms with E-state index < -0.39 is 5.82 Å². The summed E-state index contributed by atoms with van der Waals surface area (Å²) in [6, 6.07) is 4.83. The molecule has 0 spiro atoms. The second kappa shape index (κ2) is 4.75. The number of imidazole rings is 1. The third-order valence-corrected chi connectivity index (χ3v) is 3.69. The van der Waals surface area contributed by atoms with Gasteiger partial charge in [-0.3, -0.25) is 4.57 Å². The molecule has 0 N–H and O–H groups in total. The molecular formula is C13H11Cl2FN4. The Morgan fingerprint density at radius 2 is 2.10 bits per heavy atom. The van der Waals surface area contributed by atoms with Crippen molar-refractivity contribution in [3.05, 3.63) is 40.6 Å². The lowest BCUT2D eigenvalue weighted by atomic mass is 10.3. The highest BCUT2D eigenvalue weighted by molar-refractivity contribution is 6.30. The molecule has 0 atom stereocenters. The number of alkyl halides is 1. The minimum atomic E-state index is -0.501. The zero-order valence-corrected chi connectivity index (χ0v) is 12.4. The molecule has 0 aliphatic rings. The van der Waals surface area contributed by atoms with Crippen LogP contribution in [0.5, 0.6) is 0 Å². The van der Waals surface area contributed by atoms with Crippen LogP contribution in [-0.2, 0) is 12.9 Å². The molecule has 20 heavy (non-hydrogen) atoms. The van der Waals surface area contributed by atoms with Gasteiger partial charge < -0.3 is 0 Å². The molecule has 0 radical (unpaired) electrons. The first kappa shape index (κ1) is 13.4. The SMILES string of the molecule is Cc1nn(C)c2c1nc(CCl)n2-c1cccc(Cl)c1F. The molecule has 0 fully saturated rings. The molecule has 0 unspecified atom stereocenters. The standard InChI is InChI=1S/C13H11Cl2FN4/c1-7-12-13(19(2)18-7)20(10(6-14)17-12)9-5-3-4-8(15)11(9)16/h3-5H,6H2,1-2H3. The van der Waals surface area contributed by atoms with Crippen LogP contribution in [0.15, 0.2) is 18.2 Å². The van der Waals surface area contributed by atoms with Crippen LogP contribution in [0.3, 0.4) is 0 Å². The molecule has 3 rings (SSSR count). The van der Waals surface area contributed by atoms with Gasteiger partial charge in [0.15, 0.2) is 11.5 Å². The summed E-state index contributed by atoms with van der Waals surface area (Å²) >= 11 is 11.8. The van der Waals surface area contributed by atoms with Gasteiger partial charge in [-0.1, -0.05) is 17.7 Å². The first-order chi connectivity index (χ1) is 9.54. The summed E-state index contributed by atoms with van der Waals surface area (Å²) in [6.07, 6.45) is 0. The Morgan fingerprint density at radius 1 is 1.35 bits per heavy atom. The smallest absolute Gasteiger partial charge is 0.165 e. The Hall–Kier alpha value is -1.59. The van der Waals surface area contributed by atoms with Crippen molar-refractivity contribution in [2.75, 3.05) is 0 Å². The van der Waals surface area contributed by atoms with Crippen molar-refractivity contribution in [1.29, 1.82) is 0 Å². The molecule has 0 saturated carbocycles. The predicted octanol–water partition coefficient (Wildman–Crippen LogP) is 3.60. The number of hydrogen-bond acceptors (Lipinski definition) is 2. The fraction of sp³-hybridized carbons (Fsp3) is 0.231. The zero-order chi connectivity index (χ0) is 14.4. The summed E-state index contributed by atoms with van der Waals surface area (Å²) in [5, 5.41) is 4.36. The van der Waals surface area contributed by atoms with Crippen molar-refractivity contribution in [3.63, 3.8) is 0 Å². The van der Waals surface area contributed by atoms with Gasteiger partial charge in [0.25, 0.3) is 0 Å². The van der Waals surface area contributed by atoms with E-state index in [1.165, 1.54) is 6.07 Å². The molecule has 0 amide bonds. The summed E-state index contributed by atoms with van der Waals surface area (Å²) in [5.41, 5.74) is 2.50. The van der Waals surface area contributed by atoms with Gasteiger partial charge >= 0.3 is 0 Å². The van der Waals surface area contributed by atoms with Crippen LogP contribution in [0, 0.1) is 12.7 Å². The predicted molar refractivity (Wildman–Crippen MR) is 77.1 cm³/mol. The van der Waals surface area contributed by atoms with Crippen LogP contribution in [0.1, 0.15) is 11.5 Å². The molecule has 2 aromatic heterocycles. The number of hydrogen-bond donors (Lipinski definition) is 0. The maximum atomic E-state index is 14.3. The van der Waals surface area contributed by atoms with Crippen LogP contribution in [0.4, 0.5) is 4.39 Å². The molecule has 0 aliphatic carbocycles. The Kier molecular flexibility index (Phi) is 3.18. The molecule has 0 aliphatic heterocycles. The van der Waals surface area contributed by atoms with Gasteiger partial charge in [0.05, 0.1) is 22.3 Å². The second-order valence-corrected chi connectivity index (χ2v) is 5.13. The van der Waals surface area contributed by atoms with Crippen molar-refractivity contribution in [1.82, 2.24) is 19.3 Å². The Morgan fingerprint density at radius 3 is 2.80 bits per heavy atom. The van der Waals surface area contributed by atoms with Gasteiger partial charge in [0.2, 0.25) is 0 Å². The number of halogens is 3. The number of aryl methyl sites for hydroxylation is 2. The van der Waals surface area contributed by atoms with E-state index in [4.69, 9.17) is 23.2 Å². The van der Waals surface area contributed by atoms with E-state index in [1.54, 1.807) is 28.4 Å². The maximum absolute atomic E-state index is 14.3. The first-order valence-corrected chi connectivity index (χ1v) is 6.87. The van der Waals surface area contributed by atoms with Crippen LogP contribution in [0.25, 0.3) is 16.9 Å². The quantitative estimate of drug-likeness (QED) is 0.678. The van der Waals surface area contributed by atoms with E-state index in [0.29, 0.717) is 22.7 Å². The Bertz CT molecular complexity index is 806. The van der Waals surface area contributed by atoms with Gasteiger partial charge in [-0.15, -0.1) is 11.6 Å². The zero-order valence-electron chi connectivity index (χ0n) is 10.9. The largest absolute Gasteiger partial charge is 0.277 e. The highest BCUT2D eigenvalue weighted by Crippen LogP contribution is 2.28. The van der Waals surface area contributed by atoms with Crippen LogP contribution < -0.4 is 0 Å². The van der Waals surface area contributed by atoms with E-state index >= 15 is 0 Å². The molecule has 1 aromatic carbocycles. The highest BCUT2D eigenvalue weighted by Gasteiger charge is 2.20. The number of fused-ring (bicyclic) bond motifs is 1. The monoisotopic (exact) mass is 312 g/mol. The van der Waals surface area contributed by atoms with Crippen LogP contribution in [0.2, 0.25) is 5.02 Å². The van der Waals surface area contributed by atoms with E-state index in [2.05, 4.69) is 10.1 Å². The molecule has 2 heterocycles. The highest BCUT2D eigenvalue weighted by atomic mass is 35.5. The summed E-state index contributed by atoms with van der Waals surface area (Å²) in [5.74, 6) is 0.220. The summed E-state index contributed by atoms with van der Waals surface area (Å²) in [4.78, 5) is 4.44. The van der Waals surface area contributed by atoms with Gasteiger partial charge in [-0.25, -0.2) is 14.1 Å². The van der Waals surface area contributed by atoms with Gasteiger partial charge in [0, 0.05) is 7.05 Å². The topological polar surface area (TPSA) is 35.6 Å². The molecule has 3 aromatic rings. The fourth-order valence-corrected chi connectivity index (χ4v) is 2.67. The summed E-state index contributed by atoms with van der Waals surface area (Å²) in [6.45, 7) is 1.85. The lowest BCUT2D eigenvalue weighted by Gasteiger charge is -2.10. The summed E-state index contributed by atoms with van der Waals surface area (Å²) < 4.78 is 17.6. The maximum Gasteiger partial charge on any atom is 0.165 e. The van der Waals surface area contributed by atoms with E-state index in [0.717, 1.165) is 5.69 Å². The van der Waals surface area contributed by atoms with Gasteiger partial charge in [0.1, 0.15) is 11.3 Å². The average molecular weight is 313 g/mol. The normalized spacial score (nSPS) is 11.4. The molecule has 7 heteroatoms. The minimum Gasteiger partial charge on any atom is -0.277 e. The molecule has 0 bridgehead atoms. The fourth-order valence-electron chi connectivity index (χ4n) is 2.33. The lowest BCUT2D eigenvalue weighted by Crippen LogP contribution is -2.06. The Labute approximate surface area is 124 Å². The first-order valence-electron chi connectivity index (χ1n) is 5.96. The van der Waals surface area contributed by atoms with Crippen molar-refractivity contribution in [3.8, 4) is 5.69 Å². The van der Waals surface area contributed by atoms with E-state index in [1.807, 2.05) is 6.92 Å².